The minimum atomic E-state index is -0.156. The number of hydrogen-bond acceptors (Lipinski definition) is 6. The lowest BCUT2D eigenvalue weighted by molar-refractivity contribution is -0.132. The highest BCUT2D eigenvalue weighted by Crippen LogP contribution is 2.17. The molecule has 0 saturated carbocycles. The summed E-state index contributed by atoms with van der Waals surface area (Å²) in [6.45, 7) is 6.51. The molecule has 0 unspecified atom stereocenters. The Morgan fingerprint density at radius 1 is 1.00 bits per heavy atom. The molecule has 1 aliphatic rings. The van der Waals surface area contributed by atoms with E-state index >= 15 is 0 Å². The maximum Gasteiger partial charge on any atom is 0.289 e. The van der Waals surface area contributed by atoms with Gasteiger partial charge in [-0.3, -0.25) is 23.4 Å². The van der Waals surface area contributed by atoms with Crippen LogP contribution in [0.15, 0.2) is 51.9 Å². The van der Waals surface area contributed by atoms with Gasteiger partial charge < -0.3 is 14.2 Å². The highest BCUT2D eigenvalue weighted by Gasteiger charge is 2.26. The SMILES string of the molecule is CC(C)Cn1c(=O)c2ccccc2n2c(CCC(=O)N3CCN(C(=O)c4ccco4)CC3)nnc12. The van der Waals surface area contributed by atoms with Crippen LogP contribution in [0.3, 0.4) is 0 Å². The lowest BCUT2D eigenvalue weighted by atomic mass is 10.2. The third kappa shape index (κ3) is 4.31. The Bertz CT molecular complexity index is 1430. The first-order valence-corrected chi connectivity index (χ1v) is 11.9. The van der Waals surface area contributed by atoms with E-state index in [1.165, 1.54) is 6.26 Å². The number of furan rings is 1. The van der Waals surface area contributed by atoms with Gasteiger partial charge in [-0.15, -0.1) is 10.2 Å². The third-order valence-electron chi connectivity index (χ3n) is 6.34. The van der Waals surface area contributed by atoms with Gasteiger partial charge in [0.25, 0.3) is 11.5 Å². The zero-order valence-corrected chi connectivity index (χ0v) is 19.9. The number of hydrogen-bond donors (Lipinski definition) is 0. The number of aromatic nitrogens is 4. The molecule has 1 fully saturated rings. The molecule has 0 aliphatic carbocycles. The van der Waals surface area contributed by atoms with E-state index in [9.17, 15) is 14.4 Å². The summed E-state index contributed by atoms with van der Waals surface area (Å²) in [7, 11) is 0. The van der Waals surface area contributed by atoms with Gasteiger partial charge in [0, 0.05) is 45.6 Å². The quantitative estimate of drug-likeness (QED) is 0.422. The molecule has 35 heavy (non-hydrogen) atoms. The Kier molecular flexibility index (Phi) is 6.10. The Labute approximate surface area is 201 Å². The summed E-state index contributed by atoms with van der Waals surface area (Å²) in [4.78, 5) is 42.0. The second kappa shape index (κ2) is 9.36. The predicted octanol–water partition coefficient (Wildman–Crippen LogP) is 2.21. The van der Waals surface area contributed by atoms with E-state index in [1.807, 2.05) is 28.7 Å². The van der Waals surface area contributed by atoms with Crippen LogP contribution in [0, 0.1) is 5.92 Å². The van der Waals surface area contributed by atoms with E-state index in [0.29, 0.717) is 61.9 Å². The molecule has 4 aromatic rings. The van der Waals surface area contributed by atoms with Crippen molar-refractivity contribution >= 4 is 28.5 Å². The van der Waals surface area contributed by atoms with Crippen molar-refractivity contribution < 1.29 is 14.0 Å². The van der Waals surface area contributed by atoms with E-state index in [0.717, 1.165) is 5.52 Å². The summed E-state index contributed by atoms with van der Waals surface area (Å²) in [6.07, 6.45) is 2.15. The second-order valence-electron chi connectivity index (χ2n) is 9.23. The molecular formula is C25H28N6O4. The number of amides is 2. The van der Waals surface area contributed by atoms with Crippen LogP contribution in [0.5, 0.6) is 0 Å². The highest BCUT2D eigenvalue weighted by atomic mass is 16.3. The van der Waals surface area contributed by atoms with E-state index in [-0.39, 0.29) is 29.7 Å². The molecule has 0 radical (unpaired) electrons. The lowest BCUT2D eigenvalue weighted by Gasteiger charge is -2.34. The van der Waals surface area contributed by atoms with E-state index in [2.05, 4.69) is 24.0 Å². The molecule has 0 bridgehead atoms. The summed E-state index contributed by atoms with van der Waals surface area (Å²) < 4.78 is 8.76. The average Bonchev–Trinajstić information content (AvgIpc) is 3.55. The summed E-state index contributed by atoms with van der Waals surface area (Å²) >= 11 is 0. The van der Waals surface area contributed by atoms with Crippen molar-refractivity contribution in [3.8, 4) is 0 Å². The van der Waals surface area contributed by atoms with Gasteiger partial charge in [0.15, 0.2) is 5.76 Å². The van der Waals surface area contributed by atoms with Crippen LogP contribution in [-0.4, -0.2) is 67.0 Å². The second-order valence-corrected chi connectivity index (χ2v) is 9.23. The molecule has 10 nitrogen and oxygen atoms in total. The summed E-state index contributed by atoms with van der Waals surface area (Å²) in [6, 6.07) is 10.8. The molecule has 1 saturated heterocycles. The van der Waals surface area contributed by atoms with Crippen LogP contribution in [0.2, 0.25) is 0 Å². The Balaban J connectivity index is 1.32. The molecule has 2 amide bonds. The molecule has 182 valence electrons. The number of nitrogens with zero attached hydrogens (tertiary/aromatic N) is 6. The van der Waals surface area contributed by atoms with Crippen molar-refractivity contribution in [2.45, 2.75) is 33.2 Å². The summed E-state index contributed by atoms with van der Waals surface area (Å²) in [5.41, 5.74) is 0.656. The molecule has 1 aliphatic heterocycles. The monoisotopic (exact) mass is 476 g/mol. The number of carbonyl (C=O) groups excluding carboxylic acids is 2. The summed E-state index contributed by atoms with van der Waals surface area (Å²) in [5.74, 6) is 1.57. The van der Waals surface area contributed by atoms with Crippen molar-refractivity contribution in [2.24, 2.45) is 5.92 Å². The van der Waals surface area contributed by atoms with Crippen molar-refractivity contribution in [1.82, 2.24) is 29.0 Å². The zero-order valence-electron chi connectivity index (χ0n) is 19.9. The molecule has 4 heterocycles. The van der Waals surface area contributed by atoms with E-state index in [1.54, 1.807) is 26.5 Å². The van der Waals surface area contributed by atoms with Gasteiger partial charge in [-0.1, -0.05) is 26.0 Å². The molecule has 3 aromatic heterocycles. The normalized spacial score (nSPS) is 14.4. The van der Waals surface area contributed by atoms with Gasteiger partial charge in [-0.25, -0.2) is 0 Å². The molecule has 0 N–H and O–H groups in total. The highest BCUT2D eigenvalue weighted by molar-refractivity contribution is 5.91. The van der Waals surface area contributed by atoms with Crippen LogP contribution in [0.25, 0.3) is 16.7 Å². The molecule has 5 rings (SSSR count). The van der Waals surface area contributed by atoms with Crippen molar-refractivity contribution in [3.63, 3.8) is 0 Å². The number of piperazine rings is 1. The topological polar surface area (TPSA) is 106 Å². The Morgan fingerprint density at radius 2 is 1.74 bits per heavy atom. The minimum Gasteiger partial charge on any atom is -0.459 e. The van der Waals surface area contributed by atoms with E-state index < -0.39 is 0 Å². The number of benzene rings is 1. The fourth-order valence-electron chi connectivity index (χ4n) is 4.60. The van der Waals surface area contributed by atoms with Gasteiger partial charge in [0.05, 0.1) is 17.2 Å². The van der Waals surface area contributed by atoms with Gasteiger partial charge in [-0.05, 0) is 30.2 Å². The Hall–Kier alpha value is -3.95. The number of rotatable bonds is 6. The average molecular weight is 477 g/mol. The number of carbonyl (C=O) groups is 2. The first kappa shape index (κ1) is 22.8. The molecule has 0 spiro atoms. The summed E-state index contributed by atoms with van der Waals surface area (Å²) in [5, 5.41) is 9.28. The first-order chi connectivity index (χ1) is 16.9. The largest absolute Gasteiger partial charge is 0.459 e. The van der Waals surface area contributed by atoms with Gasteiger partial charge in [0.1, 0.15) is 5.82 Å². The van der Waals surface area contributed by atoms with Crippen molar-refractivity contribution in [1.29, 1.82) is 0 Å². The van der Waals surface area contributed by atoms with E-state index in [4.69, 9.17) is 4.42 Å². The van der Waals surface area contributed by atoms with Gasteiger partial charge >= 0.3 is 0 Å². The predicted molar refractivity (Wildman–Crippen MR) is 129 cm³/mol. The van der Waals surface area contributed by atoms with Crippen molar-refractivity contribution in [3.05, 3.63) is 64.6 Å². The van der Waals surface area contributed by atoms with Crippen LogP contribution < -0.4 is 5.56 Å². The fourth-order valence-corrected chi connectivity index (χ4v) is 4.60. The molecule has 0 atom stereocenters. The molecule has 10 heteroatoms. The molecule has 1 aromatic carbocycles. The maximum absolute atomic E-state index is 13.1. The lowest BCUT2D eigenvalue weighted by Crippen LogP contribution is -2.50. The smallest absolute Gasteiger partial charge is 0.289 e. The van der Waals surface area contributed by atoms with Crippen LogP contribution in [-0.2, 0) is 17.8 Å². The van der Waals surface area contributed by atoms with Crippen molar-refractivity contribution in [2.75, 3.05) is 26.2 Å². The number of para-hydroxylation sites is 1. The number of aryl methyl sites for hydroxylation is 1. The van der Waals surface area contributed by atoms with Gasteiger partial charge in [0.2, 0.25) is 11.7 Å². The Morgan fingerprint density at radius 3 is 2.46 bits per heavy atom. The zero-order chi connectivity index (χ0) is 24.5. The minimum absolute atomic E-state index is 0.00616. The third-order valence-corrected chi connectivity index (χ3v) is 6.34. The first-order valence-electron chi connectivity index (χ1n) is 11.9. The fraction of sp³-hybridized carbons (Fsp3) is 0.400. The standard InChI is InChI=1S/C25H28N6O4/c1-17(2)16-30-23(33)18-6-3-4-7-19(18)31-21(26-27-25(30)31)9-10-22(32)28-11-13-29(14-12-28)24(34)20-8-5-15-35-20/h3-8,15,17H,9-14,16H2,1-2H3. The number of fused-ring (bicyclic) bond motifs is 3. The molecular weight excluding hydrogens is 448 g/mol. The van der Waals surface area contributed by atoms with Crippen LogP contribution >= 0.6 is 0 Å². The van der Waals surface area contributed by atoms with Gasteiger partial charge in [-0.2, -0.15) is 0 Å². The van der Waals surface area contributed by atoms with Crippen LogP contribution in [0.4, 0.5) is 0 Å². The maximum atomic E-state index is 13.1. The van der Waals surface area contributed by atoms with Crippen LogP contribution in [0.1, 0.15) is 36.6 Å².